The van der Waals surface area contributed by atoms with Gasteiger partial charge in [-0.3, -0.25) is 4.72 Å². The maximum Gasteiger partial charge on any atom is 0.337 e. The van der Waals surface area contributed by atoms with E-state index in [9.17, 15) is 13.2 Å². The lowest BCUT2D eigenvalue weighted by Gasteiger charge is -2.08. The van der Waals surface area contributed by atoms with Gasteiger partial charge in [-0.15, -0.1) is 10.2 Å². The van der Waals surface area contributed by atoms with Crippen molar-refractivity contribution in [1.29, 1.82) is 0 Å². The van der Waals surface area contributed by atoms with E-state index in [1.165, 1.54) is 31.0 Å². The summed E-state index contributed by atoms with van der Waals surface area (Å²) in [6.07, 6.45) is 0. The van der Waals surface area contributed by atoms with Crippen LogP contribution in [0.15, 0.2) is 27.4 Å². The highest BCUT2D eigenvalue weighted by Gasteiger charge is 2.22. The summed E-state index contributed by atoms with van der Waals surface area (Å²) in [5, 5.41) is 7.89. The van der Waals surface area contributed by atoms with Gasteiger partial charge in [-0.1, -0.05) is 48.5 Å². The van der Waals surface area contributed by atoms with E-state index in [-0.39, 0.29) is 20.6 Å². The zero-order chi connectivity index (χ0) is 18.6. The van der Waals surface area contributed by atoms with Gasteiger partial charge >= 0.3 is 5.97 Å². The summed E-state index contributed by atoms with van der Waals surface area (Å²) in [7, 11) is -2.81. The molecule has 0 unspecified atom stereocenters. The van der Waals surface area contributed by atoms with E-state index in [0.717, 1.165) is 23.2 Å². The maximum atomic E-state index is 12.5. The van der Waals surface area contributed by atoms with E-state index >= 15 is 0 Å². The zero-order valence-electron chi connectivity index (χ0n) is 13.6. The lowest BCUT2D eigenvalue weighted by molar-refractivity contribution is 0.0600. The van der Waals surface area contributed by atoms with Crippen LogP contribution in [-0.2, 0) is 14.8 Å². The lowest BCUT2D eigenvalue weighted by atomic mass is 10.2. The molecule has 0 amide bonds. The van der Waals surface area contributed by atoms with E-state index in [1.54, 1.807) is 0 Å². The third kappa shape index (κ3) is 5.30. The zero-order valence-corrected chi connectivity index (χ0v) is 16.9. The molecule has 1 aromatic carbocycles. The first kappa shape index (κ1) is 20.0. The fraction of sp³-hybridized carbons (Fsp3) is 0.357. The predicted molar refractivity (Wildman–Crippen MR) is 99.1 cm³/mol. The number of hydrogen-bond donors (Lipinski definition) is 1. The summed E-state index contributed by atoms with van der Waals surface area (Å²) in [6.45, 7) is 4.15. The van der Waals surface area contributed by atoms with Crippen LogP contribution < -0.4 is 4.72 Å². The van der Waals surface area contributed by atoms with Crippen molar-refractivity contribution in [3.8, 4) is 0 Å². The summed E-state index contributed by atoms with van der Waals surface area (Å²) < 4.78 is 32.7. The van der Waals surface area contributed by atoms with Gasteiger partial charge in [0.05, 0.1) is 17.7 Å². The number of ether oxygens (including phenoxy) is 1. The summed E-state index contributed by atoms with van der Waals surface area (Å²) in [4.78, 5) is 11.4. The van der Waals surface area contributed by atoms with Crippen LogP contribution in [0.3, 0.4) is 0 Å². The number of rotatable bonds is 7. The molecule has 0 aliphatic carbocycles. The predicted octanol–water partition coefficient (Wildman–Crippen LogP) is 3.53. The van der Waals surface area contributed by atoms with E-state index in [1.807, 2.05) is 0 Å². The third-order valence-corrected chi connectivity index (χ3v) is 7.16. The number of carbonyl (C=O) groups is 1. The van der Waals surface area contributed by atoms with Crippen LogP contribution in [0.5, 0.6) is 0 Å². The van der Waals surface area contributed by atoms with Gasteiger partial charge in [0, 0.05) is 5.75 Å². The molecule has 2 rings (SSSR count). The average molecular weight is 422 g/mol. The van der Waals surface area contributed by atoms with Gasteiger partial charge in [0.1, 0.15) is 4.90 Å². The van der Waals surface area contributed by atoms with Crippen molar-refractivity contribution in [3.05, 3.63) is 28.8 Å². The van der Waals surface area contributed by atoms with Gasteiger partial charge in [0.2, 0.25) is 5.13 Å². The number of esters is 1. The third-order valence-electron chi connectivity index (χ3n) is 2.81. The Kier molecular flexibility index (Phi) is 6.66. The first-order valence-electron chi connectivity index (χ1n) is 7.10. The van der Waals surface area contributed by atoms with Gasteiger partial charge in [-0.05, 0) is 24.1 Å². The molecule has 0 radical (unpaired) electrons. The first-order chi connectivity index (χ1) is 11.7. The molecular formula is C14H16ClN3O4S3. The Morgan fingerprint density at radius 1 is 1.40 bits per heavy atom. The number of thioether (sulfide) groups is 1. The topological polar surface area (TPSA) is 98.2 Å². The molecule has 2 aromatic rings. The lowest BCUT2D eigenvalue weighted by Crippen LogP contribution is -2.14. The molecule has 1 heterocycles. The molecule has 0 aliphatic heterocycles. The minimum Gasteiger partial charge on any atom is -0.465 e. The highest BCUT2D eigenvalue weighted by Crippen LogP contribution is 2.30. The number of aromatic nitrogens is 2. The van der Waals surface area contributed by atoms with Crippen molar-refractivity contribution < 1.29 is 17.9 Å². The highest BCUT2D eigenvalue weighted by atomic mass is 35.5. The molecule has 0 fully saturated rings. The van der Waals surface area contributed by atoms with Crippen LogP contribution in [-0.4, -0.2) is 37.4 Å². The molecule has 11 heteroatoms. The molecule has 0 saturated heterocycles. The molecule has 25 heavy (non-hydrogen) atoms. The number of methoxy groups -OCH3 is 1. The van der Waals surface area contributed by atoms with Gasteiger partial charge in [-0.2, -0.15) is 0 Å². The van der Waals surface area contributed by atoms with E-state index in [0.29, 0.717) is 10.3 Å². The quantitative estimate of drug-likeness (QED) is 0.539. The van der Waals surface area contributed by atoms with Crippen molar-refractivity contribution in [2.45, 2.75) is 23.1 Å². The summed E-state index contributed by atoms with van der Waals surface area (Å²) in [5.74, 6) is 0.680. The van der Waals surface area contributed by atoms with Crippen LogP contribution in [0.1, 0.15) is 24.2 Å². The van der Waals surface area contributed by atoms with Crippen molar-refractivity contribution in [2.24, 2.45) is 5.92 Å². The molecule has 136 valence electrons. The monoisotopic (exact) mass is 421 g/mol. The number of benzene rings is 1. The van der Waals surface area contributed by atoms with Crippen LogP contribution in [0, 0.1) is 5.92 Å². The summed E-state index contributed by atoms with van der Waals surface area (Å²) >= 11 is 8.62. The van der Waals surface area contributed by atoms with E-state index < -0.39 is 16.0 Å². The Hall–Kier alpha value is -1.36. The molecule has 7 nitrogen and oxygen atoms in total. The Balaban J connectivity index is 2.23. The second-order valence-electron chi connectivity index (χ2n) is 5.32. The Morgan fingerprint density at radius 3 is 2.76 bits per heavy atom. The Bertz CT molecular complexity index is 868. The second kappa shape index (κ2) is 8.35. The first-order valence-corrected chi connectivity index (χ1v) is 10.8. The number of nitrogens with one attached hydrogen (secondary N) is 1. The van der Waals surface area contributed by atoms with Crippen molar-refractivity contribution in [1.82, 2.24) is 10.2 Å². The standard InChI is InChI=1S/C14H16ClN3O4S3/c1-8(2)7-23-14-17-16-13(24-14)18-25(20,21)11-6-9(12(19)22-3)4-5-10(11)15/h4-6,8H,7H2,1-3H3,(H,16,18). The van der Waals surface area contributed by atoms with Crippen LogP contribution >= 0.6 is 34.7 Å². The fourth-order valence-corrected chi connectivity index (χ4v) is 5.16. The minimum absolute atomic E-state index is 0.0147. The fourth-order valence-electron chi connectivity index (χ4n) is 1.67. The minimum atomic E-state index is -4.02. The number of nitrogens with zero attached hydrogens (tertiary/aromatic N) is 2. The van der Waals surface area contributed by atoms with Crippen molar-refractivity contribution in [3.63, 3.8) is 0 Å². The molecule has 1 N–H and O–H groups in total. The SMILES string of the molecule is COC(=O)c1ccc(Cl)c(S(=O)(=O)Nc2nnc(SCC(C)C)s2)c1. The Morgan fingerprint density at radius 2 is 2.12 bits per heavy atom. The van der Waals surface area contributed by atoms with Gasteiger partial charge in [0.15, 0.2) is 4.34 Å². The van der Waals surface area contributed by atoms with E-state index in [4.69, 9.17) is 11.6 Å². The summed E-state index contributed by atoms with van der Waals surface area (Å²) in [6, 6.07) is 3.87. The van der Waals surface area contributed by atoms with Crippen molar-refractivity contribution >= 4 is 55.8 Å². The maximum absolute atomic E-state index is 12.5. The van der Waals surface area contributed by atoms with Gasteiger partial charge in [0.25, 0.3) is 10.0 Å². The van der Waals surface area contributed by atoms with Crippen LogP contribution in [0.25, 0.3) is 0 Å². The molecule has 0 atom stereocenters. The second-order valence-corrected chi connectivity index (χ2v) is 9.62. The van der Waals surface area contributed by atoms with E-state index in [2.05, 4.69) is 33.5 Å². The van der Waals surface area contributed by atoms with Crippen molar-refractivity contribution in [2.75, 3.05) is 17.6 Å². The number of anilines is 1. The molecule has 0 spiro atoms. The number of sulfonamides is 1. The number of hydrogen-bond acceptors (Lipinski definition) is 8. The average Bonchev–Trinajstić information content (AvgIpc) is 2.99. The molecular weight excluding hydrogens is 406 g/mol. The smallest absolute Gasteiger partial charge is 0.337 e. The molecule has 0 saturated carbocycles. The largest absolute Gasteiger partial charge is 0.465 e. The van der Waals surface area contributed by atoms with Crippen LogP contribution in [0.2, 0.25) is 5.02 Å². The Labute approximate surface area is 159 Å². The van der Waals surface area contributed by atoms with Gasteiger partial charge < -0.3 is 4.74 Å². The molecule has 1 aromatic heterocycles. The normalized spacial score (nSPS) is 11.6. The molecule has 0 aliphatic rings. The number of carbonyl (C=O) groups excluding carboxylic acids is 1. The van der Waals surface area contributed by atoms with Crippen LogP contribution in [0.4, 0.5) is 5.13 Å². The highest BCUT2D eigenvalue weighted by molar-refractivity contribution is 8.01. The number of halogens is 1. The summed E-state index contributed by atoms with van der Waals surface area (Å²) in [5.41, 5.74) is 0.0812. The van der Waals surface area contributed by atoms with Gasteiger partial charge in [-0.25, -0.2) is 13.2 Å². The molecule has 0 bridgehead atoms.